The van der Waals surface area contributed by atoms with Gasteiger partial charge in [-0.3, -0.25) is 9.59 Å². The molecule has 0 saturated heterocycles. The second-order valence-corrected chi connectivity index (χ2v) is 2.87. The summed E-state index contributed by atoms with van der Waals surface area (Å²) in [5.74, 6) is -2.13. The zero-order chi connectivity index (χ0) is 10.4. The normalized spacial score (nSPS) is 14.8. The Morgan fingerprint density at radius 1 is 1.38 bits per heavy atom. The van der Waals surface area contributed by atoms with Gasteiger partial charge in [0.15, 0.2) is 0 Å². The SMILES string of the molecule is CC(O)C(C)C(=O)C(=O)NCCO. The van der Waals surface area contributed by atoms with E-state index in [2.05, 4.69) is 5.32 Å². The molecule has 0 saturated carbocycles. The second-order valence-electron chi connectivity index (χ2n) is 2.87. The molecule has 0 aliphatic rings. The van der Waals surface area contributed by atoms with Crippen molar-refractivity contribution in [1.29, 1.82) is 0 Å². The molecule has 0 aliphatic heterocycles. The minimum Gasteiger partial charge on any atom is -0.395 e. The van der Waals surface area contributed by atoms with Crippen molar-refractivity contribution in [2.75, 3.05) is 13.2 Å². The monoisotopic (exact) mass is 189 g/mol. The van der Waals surface area contributed by atoms with Gasteiger partial charge in [0, 0.05) is 6.54 Å². The number of rotatable bonds is 5. The summed E-state index contributed by atoms with van der Waals surface area (Å²) < 4.78 is 0. The van der Waals surface area contributed by atoms with Gasteiger partial charge < -0.3 is 15.5 Å². The van der Waals surface area contributed by atoms with E-state index in [4.69, 9.17) is 10.2 Å². The molecule has 0 aromatic carbocycles. The predicted octanol–water partition coefficient (Wildman–Crippen LogP) is -1.32. The van der Waals surface area contributed by atoms with Crippen molar-refractivity contribution in [1.82, 2.24) is 5.32 Å². The van der Waals surface area contributed by atoms with Gasteiger partial charge in [-0.15, -0.1) is 0 Å². The highest BCUT2D eigenvalue weighted by Gasteiger charge is 2.24. The lowest BCUT2D eigenvalue weighted by Gasteiger charge is -2.12. The lowest BCUT2D eigenvalue weighted by Crippen LogP contribution is -2.39. The van der Waals surface area contributed by atoms with Crippen LogP contribution in [0.25, 0.3) is 0 Å². The van der Waals surface area contributed by atoms with Crippen LogP contribution in [0.1, 0.15) is 13.8 Å². The highest BCUT2D eigenvalue weighted by atomic mass is 16.3. The number of hydrogen-bond donors (Lipinski definition) is 3. The van der Waals surface area contributed by atoms with Crippen molar-refractivity contribution < 1.29 is 19.8 Å². The Morgan fingerprint density at radius 2 is 1.92 bits per heavy atom. The van der Waals surface area contributed by atoms with Gasteiger partial charge in [-0.05, 0) is 6.92 Å². The Bertz CT molecular complexity index is 191. The summed E-state index contributed by atoms with van der Waals surface area (Å²) in [5, 5.41) is 19.6. The fraction of sp³-hybridized carbons (Fsp3) is 0.750. The number of hydrogen-bond acceptors (Lipinski definition) is 4. The molecule has 76 valence electrons. The van der Waals surface area contributed by atoms with E-state index in [0.717, 1.165) is 0 Å². The maximum atomic E-state index is 11.1. The molecule has 3 N–H and O–H groups in total. The molecule has 0 aromatic rings. The Kier molecular flexibility index (Phi) is 5.25. The highest BCUT2D eigenvalue weighted by molar-refractivity contribution is 6.36. The topological polar surface area (TPSA) is 86.6 Å². The summed E-state index contributed by atoms with van der Waals surface area (Å²) in [5.41, 5.74) is 0. The van der Waals surface area contributed by atoms with Crippen LogP contribution in [0, 0.1) is 5.92 Å². The van der Waals surface area contributed by atoms with E-state index in [1.807, 2.05) is 0 Å². The number of Topliss-reactive ketones (excluding diaryl/α,β-unsaturated/α-hetero) is 1. The summed E-state index contributed by atoms with van der Waals surface area (Å²) >= 11 is 0. The van der Waals surface area contributed by atoms with Gasteiger partial charge in [-0.25, -0.2) is 0 Å². The highest BCUT2D eigenvalue weighted by Crippen LogP contribution is 2.03. The third kappa shape index (κ3) is 4.00. The molecule has 13 heavy (non-hydrogen) atoms. The van der Waals surface area contributed by atoms with Crippen LogP contribution in [0.3, 0.4) is 0 Å². The molecule has 0 rings (SSSR count). The Morgan fingerprint density at radius 3 is 2.31 bits per heavy atom. The maximum Gasteiger partial charge on any atom is 0.287 e. The van der Waals surface area contributed by atoms with E-state index >= 15 is 0 Å². The number of nitrogens with one attached hydrogen (secondary N) is 1. The standard InChI is InChI=1S/C8H15NO4/c1-5(6(2)11)7(12)8(13)9-3-4-10/h5-6,10-11H,3-4H2,1-2H3,(H,9,13). The minimum absolute atomic E-state index is 0.0527. The minimum atomic E-state index is -0.840. The molecular weight excluding hydrogens is 174 g/mol. The van der Waals surface area contributed by atoms with Crippen molar-refractivity contribution in [3.8, 4) is 0 Å². The molecule has 0 fully saturated rings. The molecule has 0 radical (unpaired) electrons. The van der Waals surface area contributed by atoms with Crippen molar-refractivity contribution in [3.63, 3.8) is 0 Å². The zero-order valence-electron chi connectivity index (χ0n) is 7.78. The Labute approximate surface area is 76.8 Å². The van der Waals surface area contributed by atoms with Gasteiger partial charge in [-0.1, -0.05) is 6.92 Å². The summed E-state index contributed by atoms with van der Waals surface area (Å²) in [6.45, 7) is 2.77. The first kappa shape index (κ1) is 12.1. The second kappa shape index (κ2) is 5.66. The first-order valence-electron chi connectivity index (χ1n) is 4.11. The van der Waals surface area contributed by atoms with Crippen LogP contribution in [0.5, 0.6) is 0 Å². The van der Waals surface area contributed by atoms with Crippen LogP contribution in [0.2, 0.25) is 0 Å². The number of aliphatic hydroxyl groups is 2. The molecule has 0 aliphatic carbocycles. The summed E-state index contributed by atoms with van der Waals surface area (Å²) in [4.78, 5) is 22.1. The average molecular weight is 189 g/mol. The Hall–Kier alpha value is -0.940. The van der Waals surface area contributed by atoms with Gasteiger partial charge in [0.25, 0.3) is 5.91 Å². The molecule has 1 amide bonds. The van der Waals surface area contributed by atoms with Gasteiger partial charge in [-0.2, -0.15) is 0 Å². The van der Waals surface area contributed by atoms with E-state index in [1.165, 1.54) is 13.8 Å². The van der Waals surface area contributed by atoms with E-state index in [9.17, 15) is 9.59 Å². The molecule has 5 nitrogen and oxygen atoms in total. The first-order valence-corrected chi connectivity index (χ1v) is 4.11. The van der Waals surface area contributed by atoms with Crippen molar-refractivity contribution in [2.45, 2.75) is 20.0 Å². The van der Waals surface area contributed by atoms with E-state index < -0.39 is 23.7 Å². The predicted molar refractivity (Wildman–Crippen MR) is 45.9 cm³/mol. The molecule has 2 atom stereocenters. The smallest absolute Gasteiger partial charge is 0.287 e. The summed E-state index contributed by atoms with van der Waals surface area (Å²) in [6.07, 6.45) is -0.840. The van der Waals surface area contributed by atoms with Gasteiger partial charge in [0.2, 0.25) is 5.78 Å². The number of carbonyl (C=O) groups is 2. The molecule has 0 aromatic heterocycles. The summed E-state index contributed by atoms with van der Waals surface area (Å²) in [6, 6.07) is 0. The fourth-order valence-electron chi connectivity index (χ4n) is 0.682. The van der Waals surface area contributed by atoms with Crippen LogP contribution in [0.4, 0.5) is 0 Å². The van der Waals surface area contributed by atoms with Crippen molar-refractivity contribution in [2.24, 2.45) is 5.92 Å². The number of ketones is 1. The van der Waals surface area contributed by atoms with E-state index in [1.54, 1.807) is 0 Å². The van der Waals surface area contributed by atoms with Crippen molar-refractivity contribution >= 4 is 11.7 Å². The van der Waals surface area contributed by atoms with E-state index in [0.29, 0.717) is 0 Å². The number of amides is 1. The number of carbonyl (C=O) groups excluding carboxylic acids is 2. The fourth-order valence-corrected chi connectivity index (χ4v) is 0.682. The average Bonchev–Trinajstić information content (AvgIpc) is 2.11. The van der Waals surface area contributed by atoms with Crippen LogP contribution in [-0.4, -0.2) is 41.2 Å². The maximum absolute atomic E-state index is 11.1. The molecular formula is C8H15NO4. The molecule has 5 heteroatoms. The quantitative estimate of drug-likeness (QED) is 0.468. The molecule has 0 bridgehead atoms. The lowest BCUT2D eigenvalue weighted by molar-refractivity contribution is -0.141. The Balaban J connectivity index is 4.02. The summed E-state index contributed by atoms with van der Waals surface area (Å²) in [7, 11) is 0. The molecule has 0 heterocycles. The van der Waals surface area contributed by atoms with Crippen LogP contribution in [-0.2, 0) is 9.59 Å². The van der Waals surface area contributed by atoms with Gasteiger partial charge in [0.1, 0.15) is 0 Å². The third-order valence-electron chi connectivity index (χ3n) is 1.76. The van der Waals surface area contributed by atoms with Crippen LogP contribution in [0.15, 0.2) is 0 Å². The lowest BCUT2D eigenvalue weighted by atomic mass is 10.0. The first-order chi connectivity index (χ1) is 6.00. The molecule has 0 spiro atoms. The molecule has 2 unspecified atom stereocenters. The third-order valence-corrected chi connectivity index (χ3v) is 1.76. The van der Waals surface area contributed by atoms with Crippen LogP contribution >= 0.6 is 0 Å². The van der Waals surface area contributed by atoms with Gasteiger partial charge in [0.05, 0.1) is 18.6 Å². The van der Waals surface area contributed by atoms with Gasteiger partial charge >= 0.3 is 0 Å². The largest absolute Gasteiger partial charge is 0.395 e. The zero-order valence-corrected chi connectivity index (χ0v) is 7.78. The van der Waals surface area contributed by atoms with Crippen molar-refractivity contribution in [3.05, 3.63) is 0 Å². The van der Waals surface area contributed by atoms with E-state index in [-0.39, 0.29) is 13.2 Å². The number of aliphatic hydroxyl groups excluding tert-OH is 2. The van der Waals surface area contributed by atoms with Crippen LogP contribution < -0.4 is 5.32 Å².